The fourth-order valence-electron chi connectivity index (χ4n) is 2.83. The maximum absolute atomic E-state index is 9.96. The Labute approximate surface area is 102 Å². The lowest BCUT2D eigenvalue weighted by Gasteiger charge is -2.29. The van der Waals surface area contributed by atoms with Gasteiger partial charge in [-0.1, -0.05) is 6.07 Å². The topological polar surface area (TPSA) is 47.5 Å². The lowest BCUT2D eigenvalue weighted by Crippen LogP contribution is -2.45. The number of hydrogen-bond acceptors (Lipinski definition) is 4. The molecule has 0 bridgehead atoms. The van der Waals surface area contributed by atoms with E-state index in [2.05, 4.69) is 15.5 Å². The molecule has 1 aromatic rings. The molecule has 1 unspecified atom stereocenters. The van der Waals surface area contributed by atoms with Gasteiger partial charge in [-0.2, -0.15) is 0 Å². The van der Waals surface area contributed by atoms with E-state index >= 15 is 0 Å². The number of piperazine rings is 1. The monoisotopic (exact) mass is 233 g/mol. The summed E-state index contributed by atoms with van der Waals surface area (Å²) in [5.41, 5.74) is 2.20. The van der Waals surface area contributed by atoms with E-state index in [1.807, 2.05) is 12.1 Å². The second kappa shape index (κ2) is 4.55. The number of rotatable bonds is 2. The van der Waals surface area contributed by atoms with E-state index in [1.165, 1.54) is 0 Å². The summed E-state index contributed by atoms with van der Waals surface area (Å²) in [5, 5.41) is 16.7. The molecule has 17 heavy (non-hydrogen) atoms. The highest BCUT2D eigenvalue weighted by Gasteiger charge is 2.27. The van der Waals surface area contributed by atoms with E-state index < -0.39 is 0 Å². The van der Waals surface area contributed by atoms with Crippen molar-refractivity contribution in [2.24, 2.45) is 0 Å². The summed E-state index contributed by atoms with van der Waals surface area (Å²) < 4.78 is 0. The number of anilines is 1. The predicted molar refractivity (Wildman–Crippen MR) is 68.6 cm³/mol. The van der Waals surface area contributed by atoms with Crippen LogP contribution in [0, 0.1) is 0 Å². The molecule has 3 rings (SSSR count). The van der Waals surface area contributed by atoms with Gasteiger partial charge in [0, 0.05) is 56.4 Å². The van der Waals surface area contributed by atoms with Gasteiger partial charge in [-0.25, -0.2) is 0 Å². The first-order valence-corrected chi connectivity index (χ1v) is 6.33. The van der Waals surface area contributed by atoms with Gasteiger partial charge in [-0.15, -0.1) is 0 Å². The first-order valence-electron chi connectivity index (χ1n) is 6.33. The Morgan fingerprint density at radius 1 is 1.29 bits per heavy atom. The van der Waals surface area contributed by atoms with Crippen molar-refractivity contribution in [2.75, 3.05) is 44.6 Å². The van der Waals surface area contributed by atoms with Crippen molar-refractivity contribution in [2.45, 2.75) is 5.92 Å². The van der Waals surface area contributed by atoms with Gasteiger partial charge in [0.1, 0.15) is 5.75 Å². The maximum Gasteiger partial charge on any atom is 0.121 e. The van der Waals surface area contributed by atoms with Crippen LogP contribution < -0.4 is 10.6 Å². The highest BCUT2D eigenvalue weighted by molar-refractivity contribution is 5.63. The van der Waals surface area contributed by atoms with Crippen LogP contribution in [-0.4, -0.2) is 49.3 Å². The van der Waals surface area contributed by atoms with Crippen LogP contribution in [0.15, 0.2) is 18.2 Å². The summed E-state index contributed by atoms with van der Waals surface area (Å²) in [7, 11) is 0. The minimum atomic E-state index is 0.421. The number of phenolic OH excluding ortho intramolecular Hbond substituents is 1. The molecule has 92 valence electrons. The Hall–Kier alpha value is -1.26. The number of nitrogens with zero attached hydrogens (tertiary/aromatic N) is 1. The highest BCUT2D eigenvalue weighted by atomic mass is 16.3. The summed E-state index contributed by atoms with van der Waals surface area (Å²) >= 11 is 0. The zero-order valence-electron chi connectivity index (χ0n) is 9.95. The molecule has 0 saturated carbocycles. The standard InChI is InChI=1S/C13H19N3O/c17-12-3-1-2-11-13(12)10(8-15-11)9-16-6-4-14-5-7-16/h1-3,10,14-15,17H,4-9H2. The number of nitrogens with one attached hydrogen (secondary N) is 2. The van der Waals surface area contributed by atoms with Gasteiger partial charge < -0.3 is 20.6 Å². The number of benzene rings is 1. The molecule has 4 heteroatoms. The van der Waals surface area contributed by atoms with Crippen molar-refractivity contribution in [1.82, 2.24) is 10.2 Å². The molecule has 0 spiro atoms. The summed E-state index contributed by atoms with van der Waals surface area (Å²) in [6.45, 7) is 6.36. The van der Waals surface area contributed by atoms with Crippen molar-refractivity contribution >= 4 is 5.69 Å². The van der Waals surface area contributed by atoms with Gasteiger partial charge in [0.15, 0.2) is 0 Å². The molecule has 2 aliphatic heterocycles. The summed E-state index contributed by atoms with van der Waals surface area (Å²) in [5.74, 6) is 0.858. The van der Waals surface area contributed by atoms with E-state index in [0.29, 0.717) is 11.7 Å². The molecule has 1 saturated heterocycles. The largest absolute Gasteiger partial charge is 0.508 e. The number of fused-ring (bicyclic) bond motifs is 1. The molecular weight excluding hydrogens is 214 g/mol. The third kappa shape index (κ3) is 2.10. The number of aromatic hydroxyl groups is 1. The van der Waals surface area contributed by atoms with Crippen LogP contribution in [0.25, 0.3) is 0 Å². The van der Waals surface area contributed by atoms with Crippen LogP contribution in [0.3, 0.4) is 0 Å². The minimum Gasteiger partial charge on any atom is -0.508 e. The quantitative estimate of drug-likeness (QED) is 0.707. The van der Waals surface area contributed by atoms with Crippen LogP contribution in [0.5, 0.6) is 5.75 Å². The molecule has 0 radical (unpaired) electrons. The second-order valence-corrected chi connectivity index (χ2v) is 4.87. The molecule has 2 heterocycles. The zero-order chi connectivity index (χ0) is 11.7. The van der Waals surface area contributed by atoms with Gasteiger partial charge in [0.05, 0.1) is 0 Å². The Bertz CT molecular complexity index is 402. The average molecular weight is 233 g/mol. The molecule has 1 fully saturated rings. The fraction of sp³-hybridized carbons (Fsp3) is 0.538. The first-order chi connectivity index (χ1) is 8.34. The van der Waals surface area contributed by atoms with Crippen LogP contribution in [0.2, 0.25) is 0 Å². The van der Waals surface area contributed by atoms with Crippen LogP contribution in [0.4, 0.5) is 5.69 Å². The average Bonchev–Trinajstić information content (AvgIpc) is 2.75. The van der Waals surface area contributed by atoms with Crippen molar-refractivity contribution < 1.29 is 5.11 Å². The second-order valence-electron chi connectivity index (χ2n) is 4.87. The smallest absolute Gasteiger partial charge is 0.121 e. The van der Waals surface area contributed by atoms with Gasteiger partial charge in [0.25, 0.3) is 0 Å². The summed E-state index contributed by atoms with van der Waals surface area (Å²) in [6.07, 6.45) is 0. The fourth-order valence-corrected chi connectivity index (χ4v) is 2.83. The van der Waals surface area contributed by atoms with Crippen molar-refractivity contribution in [3.05, 3.63) is 23.8 Å². The third-order valence-corrected chi connectivity index (χ3v) is 3.72. The van der Waals surface area contributed by atoms with Gasteiger partial charge >= 0.3 is 0 Å². The zero-order valence-corrected chi connectivity index (χ0v) is 9.95. The number of phenols is 1. The lowest BCUT2D eigenvalue weighted by atomic mass is 9.99. The predicted octanol–water partition coefficient (Wildman–Crippen LogP) is 0.806. The van der Waals surface area contributed by atoms with Gasteiger partial charge in [-0.05, 0) is 12.1 Å². The molecule has 1 atom stereocenters. The van der Waals surface area contributed by atoms with Crippen LogP contribution in [-0.2, 0) is 0 Å². The molecule has 4 nitrogen and oxygen atoms in total. The van der Waals surface area contributed by atoms with Crippen LogP contribution in [0.1, 0.15) is 11.5 Å². The SMILES string of the molecule is Oc1cccc2c1C(CN1CCNCC1)CN2. The summed E-state index contributed by atoms with van der Waals surface area (Å²) in [6, 6.07) is 5.73. The molecule has 0 aliphatic carbocycles. The van der Waals surface area contributed by atoms with E-state index in [-0.39, 0.29) is 0 Å². The van der Waals surface area contributed by atoms with E-state index in [4.69, 9.17) is 0 Å². The van der Waals surface area contributed by atoms with Crippen molar-refractivity contribution in [3.63, 3.8) is 0 Å². The van der Waals surface area contributed by atoms with E-state index in [1.54, 1.807) is 6.07 Å². The van der Waals surface area contributed by atoms with Crippen LogP contribution >= 0.6 is 0 Å². The lowest BCUT2D eigenvalue weighted by molar-refractivity contribution is 0.230. The molecule has 0 aromatic heterocycles. The maximum atomic E-state index is 9.96. The Kier molecular flexibility index (Phi) is 2.91. The normalized spacial score (nSPS) is 24.4. The number of hydrogen-bond donors (Lipinski definition) is 3. The minimum absolute atomic E-state index is 0.421. The Morgan fingerprint density at radius 2 is 2.12 bits per heavy atom. The molecule has 1 aromatic carbocycles. The Balaban J connectivity index is 1.74. The summed E-state index contributed by atoms with van der Waals surface area (Å²) in [4.78, 5) is 2.48. The third-order valence-electron chi connectivity index (χ3n) is 3.72. The van der Waals surface area contributed by atoms with Gasteiger partial charge in [0.2, 0.25) is 0 Å². The molecular formula is C13H19N3O. The first kappa shape index (κ1) is 10.9. The molecule has 3 N–H and O–H groups in total. The van der Waals surface area contributed by atoms with Crippen molar-refractivity contribution in [1.29, 1.82) is 0 Å². The van der Waals surface area contributed by atoms with E-state index in [0.717, 1.165) is 50.5 Å². The molecule has 0 amide bonds. The van der Waals surface area contributed by atoms with E-state index in [9.17, 15) is 5.11 Å². The Morgan fingerprint density at radius 3 is 2.94 bits per heavy atom. The highest BCUT2D eigenvalue weighted by Crippen LogP contribution is 2.38. The molecule has 2 aliphatic rings. The van der Waals surface area contributed by atoms with Gasteiger partial charge in [-0.3, -0.25) is 0 Å². The van der Waals surface area contributed by atoms with Crippen molar-refractivity contribution in [3.8, 4) is 5.75 Å².